The Bertz CT molecular complexity index is 389. The van der Waals surface area contributed by atoms with Gasteiger partial charge in [0, 0.05) is 5.56 Å². The molecule has 17 heavy (non-hydrogen) atoms. The average Bonchev–Trinajstić information content (AvgIpc) is 2.26. The highest BCUT2D eigenvalue weighted by atomic mass is 35.5. The van der Waals surface area contributed by atoms with Crippen molar-refractivity contribution in [2.24, 2.45) is 11.7 Å². The van der Waals surface area contributed by atoms with Gasteiger partial charge in [-0.1, -0.05) is 31.5 Å². The minimum atomic E-state index is -0.708. The van der Waals surface area contributed by atoms with E-state index in [1.54, 1.807) is 0 Å². The minimum absolute atomic E-state index is 0.0291. The van der Waals surface area contributed by atoms with Crippen LogP contribution in [0.5, 0.6) is 0 Å². The molecular weight excluding hydrogens is 245 g/mol. The summed E-state index contributed by atoms with van der Waals surface area (Å²) in [6, 6.07) is 3.58. The van der Waals surface area contributed by atoms with E-state index in [2.05, 4.69) is 0 Å². The molecule has 94 valence electrons. The number of hydrogen-bond donors (Lipinski definition) is 1. The minimum Gasteiger partial charge on any atom is -0.459 e. The number of esters is 1. The first kappa shape index (κ1) is 13.9. The van der Waals surface area contributed by atoms with Gasteiger partial charge in [-0.05, 0) is 18.1 Å². The maximum absolute atomic E-state index is 13.4. The molecule has 1 rings (SSSR count). The zero-order valence-electron chi connectivity index (χ0n) is 9.74. The summed E-state index contributed by atoms with van der Waals surface area (Å²) in [5, 5.41) is 0.232. The van der Waals surface area contributed by atoms with E-state index in [0.29, 0.717) is 0 Å². The normalized spacial score (nSPS) is 12.6. The first-order chi connectivity index (χ1) is 7.93. The predicted octanol–water partition coefficient (Wildman–Crippen LogP) is 2.51. The third-order valence-electron chi connectivity index (χ3n) is 2.41. The van der Waals surface area contributed by atoms with Gasteiger partial charge in [-0.3, -0.25) is 4.79 Å². The van der Waals surface area contributed by atoms with E-state index in [-0.39, 0.29) is 23.1 Å². The zero-order chi connectivity index (χ0) is 13.0. The second-order valence-electron chi connectivity index (χ2n) is 4.08. The molecule has 5 heteroatoms. The van der Waals surface area contributed by atoms with Crippen molar-refractivity contribution in [2.75, 3.05) is 0 Å². The maximum atomic E-state index is 13.4. The van der Waals surface area contributed by atoms with Crippen LogP contribution in [-0.2, 0) is 16.1 Å². The van der Waals surface area contributed by atoms with Crippen LogP contribution in [0.15, 0.2) is 18.2 Å². The maximum Gasteiger partial charge on any atom is 0.323 e. The summed E-state index contributed by atoms with van der Waals surface area (Å²) in [5.74, 6) is -1.08. The number of hydrogen-bond acceptors (Lipinski definition) is 3. The van der Waals surface area contributed by atoms with E-state index in [1.807, 2.05) is 13.8 Å². The van der Waals surface area contributed by atoms with Crippen LogP contribution >= 0.6 is 11.6 Å². The number of ether oxygens (including phenoxy) is 1. The van der Waals surface area contributed by atoms with Gasteiger partial charge >= 0.3 is 5.97 Å². The number of rotatable bonds is 4. The molecule has 0 fully saturated rings. The van der Waals surface area contributed by atoms with Crippen LogP contribution < -0.4 is 5.73 Å². The van der Waals surface area contributed by atoms with E-state index >= 15 is 0 Å². The summed E-state index contributed by atoms with van der Waals surface area (Å²) in [6.07, 6.45) is 0. The average molecular weight is 260 g/mol. The third-order valence-corrected chi connectivity index (χ3v) is 2.76. The van der Waals surface area contributed by atoms with Gasteiger partial charge in [0.15, 0.2) is 0 Å². The quantitative estimate of drug-likeness (QED) is 0.846. The number of halogens is 2. The summed E-state index contributed by atoms with van der Waals surface area (Å²) in [4.78, 5) is 11.5. The molecule has 0 heterocycles. The van der Waals surface area contributed by atoms with E-state index in [9.17, 15) is 9.18 Å². The first-order valence-electron chi connectivity index (χ1n) is 5.28. The molecule has 1 atom stereocenters. The Labute approximate surface area is 105 Å². The van der Waals surface area contributed by atoms with Crippen molar-refractivity contribution in [3.8, 4) is 0 Å². The van der Waals surface area contributed by atoms with Gasteiger partial charge in [-0.15, -0.1) is 0 Å². The Morgan fingerprint density at radius 1 is 1.53 bits per heavy atom. The standard InChI is InChI=1S/C12H15ClFNO2/c1-7(2)11(15)12(16)17-6-8-9(13)4-3-5-10(8)14/h3-5,7,11H,6,15H2,1-2H3. The summed E-state index contributed by atoms with van der Waals surface area (Å²) in [7, 11) is 0. The lowest BCUT2D eigenvalue weighted by molar-refractivity contribution is -0.147. The fourth-order valence-electron chi connectivity index (χ4n) is 1.18. The van der Waals surface area contributed by atoms with Crippen LogP contribution in [0.1, 0.15) is 19.4 Å². The molecule has 0 aliphatic carbocycles. The number of carbonyl (C=O) groups is 1. The molecule has 0 aromatic heterocycles. The third kappa shape index (κ3) is 3.68. The van der Waals surface area contributed by atoms with Gasteiger partial charge in [0.2, 0.25) is 0 Å². The lowest BCUT2D eigenvalue weighted by Gasteiger charge is -2.15. The molecule has 0 aliphatic heterocycles. The highest BCUT2D eigenvalue weighted by Crippen LogP contribution is 2.20. The largest absolute Gasteiger partial charge is 0.459 e. The molecule has 2 N–H and O–H groups in total. The number of nitrogens with two attached hydrogens (primary N) is 1. The monoisotopic (exact) mass is 259 g/mol. The van der Waals surface area contributed by atoms with Crippen molar-refractivity contribution < 1.29 is 13.9 Å². The molecule has 3 nitrogen and oxygen atoms in total. The molecule has 0 amide bonds. The molecule has 1 unspecified atom stereocenters. The lowest BCUT2D eigenvalue weighted by atomic mass is 10.1. The van der Waals surface area contributed by atoms with Crippen LogP contribution in [0.2, 0.25) is 5.02 Å². The number of benzene rings is 1. The Morgan fingerprint density at radius 3 is 2.71 bits per heavy atom. The topological polar surface area (TPSA) is 52.3 Å². The van der Waals surface area contributed by atoms with Crippen molar-refractivity contribution in [2.45, 2.75) is 26.5 Å². The second kappa shape index (κ2) is 5.98. The first-order valence-corrected chi connectivity index (χ1v) is 5.66. The molecule has 1 aromatic rings. The smallest absolute Gasteiger partial charge is 0.323 e. The fraction of sp³-hybridized carbons (Fsp3) is 0.417. The van der Waals surface area contributed by atoms with Crippen molar-refractivity contribution in [3.05, 3.63) is 34.6 Å². The molecule has 0 saturated heterocycles. The van der Waals surface area contributed by atoms with Gasteiger partial charge in [0.1, 0.15) is 18.5 Å². The van der Waals surface area contributed by atoms with Crippen molar-refractivity contribution >= 4 is 17.6 Å². The summed E-state index contributed by atoms with van der Waals surface area (Å²) < 4.78 is 18.3. The van der Waals surface area contributed by atoms with Crippen LogP contribution in [0, 0.1) is 11.7 Å². The van der Waals surface area contributed by atoms with Crippen LogP contribution in [-0.4, -0.2) is 12.0 Å². The molecule has 1 aromatic carbocycles. The van der Waals surface area contributed by atoms with Gasteiger partial charge < -0.3 is 10.5 Å². The molecule has 0 spiro atoms. The van der Waals surface area contributed by atoms with Crippen molar-refractivity contribution in [1.82, 2.24) is 0 Å². The molecular formula is C12H15ClFNO2. The second-order valence-corrected chi connectivity index (χ2v) is 4.48. The van der Waals surface area contributed by atoms with Crippen LogP contribution in [0.3, 0.4) is 0 Å². The Kier molecular flexibility index (Phi) is 4.90. The molecule has 0 bridgehead atoms. The molecule has 0 aliphatic rings. The lowest BCUT2D eigenvalue weighted by Crippen LogP contribution is -2.36. The van der Waals surface area contributed by atoms with Gasteiger partial charge in [-0.25, -0.2) is 4.39 Å². The van der Waals surface area contributed by atoms with Crippen molar-refractivity contribution in [1.29, 1.82) is 0 Å². The van der Waals surface area contributed by atoms with Crippen LogP contribution in [0.4, 0.5) is 4.39 Å². The summed E-state index contributed by atoms with van der Waals surface area (Å²) in [5.41, 5.74) is 5.76. The van der Waals surface area contributed by atoms with E-state index in [0.717, 1.165) is 0 Å². The summed E-state index contributed by atoms with van der Waals surface area (Å²) in [6.45, 7) is 3.41. The SMILES string of the molecule is CC(C)C(N)C(=O)OCc1c(F)cccc1Cl. The highest BCUT2D eigenvalue weighted by molar-refractivity contribution is 6.31. The Morgan fingerprint density at radius 2 is 2.18 bits per heavy atom. The van der Waals surface area contributed by atoms with Crippen molar-refractivity contribution in [3.63, 3.8) is 0 Å². The van der Waals surface area contributed by atoms with Crippen LogP contribution in [0.25, 0.3) is 0 Å². The molecule has 0 radical (unpaired) electrons. The Balaban J connectivity index is 2.65. The van der Waals surface area contributed by atoms with E-state index in [4.69, 9.17) is 22.1 Å². The predicted molar refractivity (Wildman–Crippen MR) is 64.0 cm³/mol. The summed E-state index contributed by atoms with van der Waals surface area (Å²) >= 11 is 5.79. The van der Waals surface area contributed by atoms with Gasteiger partial charge in [0.05, 0.1) is 5.02 Å². The number of carbonyl (C=O) groups excluding carboxylic acids is 1. The fourth-order valence-corrected chi connectivity index (χ4v) is 1.40. The van der Waals surface area contributed by atoms with E-state index < -0.39 is 17.8 Å². The Hall–Kier alpha value is -1.13. The van der Waals surface area contributed by atoms with Gasteiger partial charge in [0.25, 0.3) is 0 Å². The highest BCUT2D eigenvalue weighted by Gasteiger charge is 2.19. The van der Waals surface area contributed by atoms with Gasteiger partial charge in [-0.2, -0.15) is 0 Å². The zero-order valence-corrected chi connectivity index (χ0v) is 10.5. The van der Waals surface area contributed by atoms with E-state index in [1.165, 1.54) is 18.2 Å². The molecule has 0 saturated carbocycles.